The number of phenolic OH excluding ortho intramolecular Hbond substituents is 1. The second kappa shape index (κ2) is 9.56. The van der Waals surface area contributed by atoms with Crippen molar-refractivity contribution in [3.63, 3.8) is 0 Å². The number of hydrogen-bond donors (Lipinski definition) is 2. The van der Waals surface area contributed by atoms with Gasteiger partial charge in [0, 0.05) is 19.6 Å². The predicted octanol–water partition coefficient (Wildman–Crippen LogP) is 3.96. The van der Waals surface area contributed by atoms with Crippen LogP contribution in [0, 0.1) is 0 Å². The van der Waals surface area contributed by atoms with Gasteiger partial charge in [0.2, 0.25) is 5.91 Å². The summed E-state index contributed by atoms with van der Waals surface area (Å²) in [5, 5.41) is 12.4. The molecule has 28 heavy (non-hydrogen) atoms. The number of rotatable bonds is 7. The summed E-state index contributed by atoms with van der Waals surface area (Å²) in [5.74, 6) is 0.913. The number of carbonyl (C=O) groups is 1. The number of hydrogen-bond acceptors (Lipinski definition) is 3. The van der Waals surface area contributed by atoms with Crippen LogP contribution >= 0.6 is 0 Å². The quantitative estimate of drug-likeness (QED) is 0.767. The van der Waals surface area contributed by atoms with E-state index in [0.717, 1.165) is 31.5 Å². The molecule has 148 valence electrons. The van der Waals surface area contributed by atoms with Crippen molar-refractivity contribution >= 4 is 11.5 Å². The smallest absolute Gasteiger partial charge is 0.234 e. The van der Waals surface area contributed by atoms with Crippen LogP contribution in [0.25, 0.3) is 5.57 Å². The number of aromatic hydroxyl groups is 1. The van der Waals surface area contributed by atoms with Crippen molar-refractivity contribution in [2.45, 2.75) is 32.6 Å². The third-order valence-electron chi connectivity index (χ3n) is 5.28. The van der Waals surface area contributed by atoms with Crippen LogP contribution in [0.1, 0.15) is 42.9 Å². The second-order valence-corrected chi connectivity index (χ2v) is 7.76. The second-order valence-electron chi connectivity index (χ2n) is 7.76. The number of benzene rings is 2. The van der Waals surface area contributed by atoms with Crippen molar-refractivity contribution < 1.29 is 9.90 Å². The minimum atomic E-state index is 0.0836. The van der Waals surface area contributed by atoms with E-state index in [2.05, 4.69) is 54.4 Å². The summed E-state index contributed by atoms with van der Waals surface area (Å²) in [4.78, 5) is 14.4. The summed E-state index contributed by atoms with van der Waals surface area (Å²) in [6, 6.07) is 16.0. The Morgan fingerprint density at radius 2 is 1.82 bits per heavy atom. The average molecular weight is 379 g/mol. The molecule has 1 amide bonds. The number of amides is 1. The van der Waals surface area contributed by atoms with Gasteiger partial charge in [-0.05, 0) is 53.2 Å². The first-order valence-corrected chi connectivity index (χ1v) is 10.1. The van der Waals surface area contributed by atoms with Gasteiger partial charge in [0.15, 0.2) is 0 Å². The first-order chi connectivity index (χ1) is 13.5. The summed E-state index contributed by atoms with van der Waals surface area (Å²) in [7, 11) is 0. The lowest BCUT2D eigenvalue weighted by Gasteiger charge is -2.26. The Morgan fingerprint density at radius 1 is 1.11 bits per heavy atom. The average Bonchev–Trinajstić information content (AvgIpc) is 2.70. The van der Waals surface area contributed by atoms with Gasteiger partial charge in [-0.1, -0.05) is 56.3 Å². The van der Waals surface area contributed by atoms with Gasteiger partial charge in [-0.25, -0.2) is 0 Å². The molecule has 2 N–H and O–H groups in total. The van der Waals surface area contributed by atoms with Crippen molar-refractivity contribution in [2.24, 2.45) is 0 Å². The maximum absolute atomic E-state index is 12.2. The van der Waals surface area contributed by atoms with E-state index in [1.165, 1.54) is 16.7 Å². The maximum Gasteiger partial charge on any atom is 0.234 e. The van der Waals surface area contributed by atoms with Crippen LogP contribution < -0.4 is 5.32 Å². The molecule has 0 radical (unpaired) electrons. The Kier molecular flexibility index (Phi) is 6.88. The van der Waals surface area contributed by atoms with E-state index in [4.69, 9.17) is 0 Å². The van der Waals surface area contributed by atoms with Crippen LogP contribution in [-0.2, 0) is 11.2 Å². The highest BCUT2D eigenvalue weighted by molar-refractivity contribution is 5.78. The zero-order valence-electron chi connectivity index (χ0n) is 16.8. The SMILES string of the molecule is CC(C)c1ccc(CCNC(=O)CN2CC=C(c3ccc(O)cc3)CC2)cc1. The third-order valence-corrected chi connectivity index (χ3v) is 5.28. The molecule has 4 nitrogen and oxygen atoms in total. The highest BCUT2D eigenvalue weighted by atomic mass is 16.3. The number of carbonyl (C=O) groups excluding carboxylic acids is 1. The van der Waals surface area contributed by atoms with E-state index in [1.54, 1.807) is 12.1 Å². The molecular formula is C24H30N2O2. The minimum absolute atomic E-state index is 0.0836. The zero-order chi connectivity index (χ0) is 19.9. The molecule has 0 aromatic heterocycles. The van der Waals surface area contributed by atoms with E-state index in [0.29, 0.717) is 19.0 Å². The molecule has 2 aromatic carbocycles. The third kappa shape index (κ3) is 5.70. The highest BCUT2D eigenvalue weighted by Gasteiger charge is 2.15. The fourth-order valence-corrected chi connectivity index (χ4v) is 3.47. The monoisotopic (exact) mass is 378 g/mol. The predicted molar refractivity (Wildman–Crippen MR) is 114 cm³/mol. The van der Waals surface area contributed by atoms with Gasteiger partial charge in [0.05, 0.1) is 6.54 Å². The molecule has 0 saturated heterocycles. The van der Waals surface area contributed by atoms with Gasteiger partial charge >= 0.3 is 0 Å². The molecule has 0 atom stereocenters. The van der Waals surface area contributed by atoms with Crippen molar-refractivity contribution in [1.82, 2.24) is 10.2 Å². The lowest BCUT2D eigenvalue weighted by molar-refractivity contribution is -0.122. The molecule has 0 fully saturated rings. The highest BCUT2D eigenvalue weighted by Crippen LogP contribution is 2.23. The van der Waals surface area contributed by atoms with Crippen LogP contribution in [0.2, 0.25) is 0 Å². The fraction of sp³-hybridized carbons (Fsp3) is 0.375. The van der Waals surface area contributed by atoms with Crippen LogP contribution in [0.3, 0.4) is 0 Å². The Morgan fingerprint density at radius 3 is 2.43 bits per heavy atom. The molecule has 0 spiro atoms. The first-order valence-electron chi connectivity index (χ1n) is 10.1. The molecule has 0 aliphatic carbocycles. The van der Waals surface area contributed by atoms with Crippen LogP contribution in [0.15, 0.2) is 54.6 Å². The molecule has 0 saturated carbocycles. The van der Waals surface area contributed by atoms with Gasteiger partial charge in [-0.2, -0.15) is 0 Å². The van der Waals surface area contributed by atoms with E-state index >= 15 is 0 Å². The van der Waals surface area contributed by atoms with Gasteiger partial charge in [-0.3, -0.25) is 9.69 Å². The van der Waals surface area contributed by atoms with E-state index in [-0.39, 0.29) is 11.7 Å². The zero-order valence-corrected chi connectivity index (χ0v) is 16.8. The lowest BCUT2D eigenvalue weighted by Crippen LogP contribution is -2.39. The summed E-state index contributed by atoms with van der Waals surface area (Å²) in [5.41, 5.74) is 5.02. The number of nitrogens with zero attached hydrogens (tertiary/aromatic N) is 1. The van der Waals surface area contributed by atoms with E-state index in [1.807, 2.05) is 12.1 Å². The van der Waals surface area contributed by atoms with E-state index < -0.39 is 0 Å². The number of nitrogens with one attached hydrogen (secondary N) is 1. The van der Waals surface area contributed by atoms with Crippen molar-refractivity contribution in [3.8, 4) is 5.75 Å². The van der Waals surface area contributed by atoms with Crippen molar-refractivity contribution in [1.29, 1.82) is 0 Å². The maximum atomic E-state index is 12.2. The minimum Gasteiger partial charge on any atom is -0.508 e. The molecule has 1 aliphatic heterocycles. The molecule has 0 unspecified atom stereocenters. The van der Waals surface area contributed by atoms with Gasteiger partial charge < -0.3 is 10.4 Å². The van der Waals surface area contributed by atoms with Crippen molar-refractivity contribution in [3.05, 3.63) is 71.3 Å². The van der Waals surface area contributed by atoms with Crippen LogP contribution in [0.5, 0.6) is 5.75 Å². The Bertz CT molecular complexity index is 808. The first kappa shape index (κ1) is 20.2. The molecule has 0 bridgehead atoms. The summed E-state index contributed by atoms with van der Waals surface area (Å²) < 4.78 is 0. The van der Waals surface area contributed by atoms with Gasteiger partial charge in [-0.15, -0.1) is 0 Å². The molecule has 3 rings (SSSR count). The lowest BCUT2D eigenvalue weighted by atomic mass is 9.99. The summed E-state index contributed by atoms with van der Waals surface area (Å²) in [6.07, 6.45) is 3.95. The molecule has 4 heteroatoms. The normalized spacial score (nSPS) is 14.8. The summed E-state index contributed by atoms with van der Waals surface area (Å²) in [6.45, 7) is 7.14. The topological polar surface area (TPSA) is 52.6 Å². The van der Waals surface area contributed by atoms with Crippen molar-refractivity contribution in [2.75, 3.05) is 26.2 Å². The molecule has 2 aromatic rings. The Hall–Kier alpha value is -2.59. The largest absolute Gasteiger partial charge is 0.508 e. The fourth-order valence-electron chi connectivity index (χ4n) is 3.47. The number of phenols is 1. The Balaban J connectivity index is 1.40. The molecule has 1 aliphatic rings. The van der Waals surface area contributed by atoms with E-state index in [9.17, 15) is 9.90 Å². The van der Waals surface area contributed by atoms with Crippen LogP contribution in [0.4, 0.5) is 0 Å². The van der Waals surface area contributed by atoms with Gasteiger partial charge in [0.1, 0.15) is 5.75 Å². The standard InChI is InChI=1S/C24H30N2O2/c1-18(2)20-5-3-19(4-6-20)11-14-25-24(28)17-26-15-12-22(13-16-26)21-7-9-23(27)10-8-21/h3-10,12,18,27H,11,13-17H2,1-2H3,(H,25,28). The summed E-state index contributed by atoms with van der Waals surface area (Å²) >= 11 is 0. The van der Waals surface area contributed by atoms with Gasteiger partial charge in [0.25, 0.3) is 0 Å². The Labute approximate surface area is 167 Å². The molecular weight excluding hydrogens is 348 g/mol. The molecule has 1 heterocycles. The van der Waals surface area contributed by atoms with Crippen LogP contribution in [-0.4, -0.2) is 42.1 Å².